The highest BCUT2D eigenvalue weighted by Gasteiger charge is 2.19. The molecule has 1 aromatic rings. The van der Waals surface area contributed by atoms with Crippen molar-refractivity contribution in [2.24, 2.45) is 11.8 Å². The predicted molar refractivity (Wildman–Crippen MR) is 74.8 cm³/mol. The van der Waals surface area contributed by atoms with Gasteiger partial charge in [0.2, 0.25) is 0 Å². The first-order valence-electron chi connectivity index (χ1n) is 6.44. The maximum Gasteiger partial charge on any atom is 0.0488 e. The number of unbranched alkanes of at least 4 members (excludes halogenated alkanes) is 1. The molecule has 2 atom stereocenters. The van der Waals surface area contributed by atoms with Crippen LogP contribution < -0.4 is 11.3 Å². The number of hydrogen-bond donors (Lipinski definition) is 2. The Hall–Kier alpha value is -0.570. The zero-order valence-corrected chi connectivity index (χ0v) is 11.5. The summed E-state index contributed by atoms with van der Waals surface area (Å²) in [6.07, 6.45) is 4.83. The third-order valence-corrected chi connectivity index (χ3v) is 3.58. The van der Waals surface area contributed by atoms with Crippen LogP contribution in [0.15, 0.2) is 24.3 Å². The summed E-state index contributed by atoms with van der Waals surface area (Å²) < 4.78 is 0. The number of rotatable bonds is 7. The summed E-state index contributed by atoms with van der Waals surface area (Å²) >= 11 is 5.90. The molecule has 1 aromatic carbocycles. The second kappa shape index (κ2) is 7.70. The summed E-state index contributed by atoms with van der Waals surface area (Å²) in [5, 5.41) is 0.770. The summed E-state index contributed by atoms with van der Waals surface area (Å²) in [4.78, 5) is 0. The topological polar surface area (TPSA) is 38.0 Å². The fraction of sp³-hybridized carbons (Fsp3) is 0.571. The van der Waals surface area contributed by atoms with E-state index >= 15 is 0 Å². The molecule has 2 nitrogen and oxygen atoms in total. The van der Waals surface area contributed by atoms with Crippen LogP contribution in [0.25, 0.3) is 0 Å². The molecule has 96 valence electrons. The number of hydrogen-bond acceptors (Lipinski definition) is 2. The number of halogens is 1. The molecule has 0 aliphatic carbocycles. The second-order valence-corrected chi connectivity index (χ2v) is 4.94. The van der Waals surface area contributed by atoms with E-state index in [4.69, 9.17) is 17.4 Å². The lowest BCUT2D eigenvalue weighted by Gasteiger charge is -2.26. The SMILES string of the molecule is CCCCC(CC)C(NN)c1ccc(Cl)cc1. The van der Waals surface area contributed by atoms with Gasteiger partial charge >= 0.3 is 0 Å². The van der Waals surface area contributed by atoms with E-state index in [1.165, 1.54) is 24.8 Å². The van der Waals surface area contributed by atoms with Gasteiger partial charge in [0.25, 0.3) is 0 Å². The summed E-state index contributed by atoms with van der Waals surface area (Å²) in [6.45, 7) is 4.44. The highest BCUT2D eigenvalue weighted by molar-refractivity contribution is 6.30. The number of nitrogens with one attached hydrogen (secondary N) is 1. The first kappa shape index (κ1) is 14.5. The average Bonchev–Trinajstić information content (AvgIpc) is 2.36. The molecule has 0 heterocycles. The molecule has 2 unspecified atom stereocenters. The van der Waals surface area contributed by atoms with Gasteiger partial charge in [0.15, 0.2) is 0 Å². The molecule has 17 heavy (non-hydrogen) atoms. The Morgan fingerprint density at radius 1 is 1.24 bits per heavy atom. The van der Waals surface area contributed by atoms with E-state index in [0.29, 0.717) is 5.92 Å². The van der Waals surface area contributed by atoms with Crippen LogP contribution in [0, 0.1) is 5.92 Å². The lowest BCUT2D eigenvalue weighted by molar-refractivity contribution is 0.327. The Morgan fingerprint density at radius 2 is 1.88 bits per heavy atom. The Balaban J connectivity index is 2.77. The molecule has 0 fully saturated rings. The first-order chi connectivity index (χ1) is 8.22. The highest BCUT2D eigenvalue weighted by Crippen LogP contribution is 2.29. The molecule has 0 bridgehead atoms. The Bertz CT molecular complexity index is 311. The number of nitrogens with two attached hydrogens (primary N) is 1. The Labute approximate surface area is 110 Å². The summed E-state index contributed by atoms with van der Waals surface area (Å²) in [6, 6.07) is 8.19. The third-order valence-electron chi connectivity index (χ3n) is 3.33. The molecule has 0 aliphatic heterocycles. The molecule has 0 aromatic heterocycles. The minimum atomic E-state index is 0.226. The molecule has 0 saturated carbocycles. The average molecular weight is 255 g/mol. The largest absolute Gasteiger partial charge is 0.271 e. The molecule has 0 radical (unpaired) electrons. The van der Waals surface area contributed by atoms with Gasteiger partial charge in [-0.05, 0) is 30.0 Å². The predicted octanol–water partition coefficient (Wildman–Crippen LogP) is 4.06. The maximum absolute atomic E-state index is 5.90. The van der Waals surface area contributed by atoms with E-state index in [0.717, 1.165) is 11.4 Å². The van der Waals surface area contributed by atoms with E-state index < -0.39 is 0 Å². The van der Waals surface area contributed by atoms with Gasteiger partial charge in [-0.25, -0.2) is 0 Å². The van der Waals surface area contributed by atoms with Crippen molar-refractivity contribution in [1.82, 2.24) is 5.43 Å². The zero-order valence-electron chi connectivity index (χ0n) is 10.7. The number of benzene rings is 1. The summed E-state index contributed by atoms with van der Waals surface area (Å²) in [5.41, 5.74) is 4.18. The normalized spacial score (nSPS) is 14.6. The van der Waals surface area contributed by atoms with Gasteiger partial charge < -0.3 is 0 Å². The van der Waals surface area contributed by atoms with Crippen molar-refractivity contribution in [2.45, 2.75) is 45.6 Å². The molecule has 0 amide bonds. The van der Waals surface area contributed by atoms with Crippen LogP contribution in [0.3, 0.4) is 0 Å². The minimum absolute atomic E-state index is 0.226. The van der Waals surface area contributed by atoms with Gasteiger partial charge in [0.1, 0.15) is 0 Å². The standard InChI is InChI=1S/C14H23ClN2/c1-3-5-6-11(4-2)14(17-16)12-7-9-13(15)10-8-12/h7-11,14,17H,3-6,16H2,1-2H3. The highest BCUT2D eigenvalue weighted by atomic mass is 35.5. The van der Waals surface area contributed by atoms with Gasteiger partial charge in [-0.1, -0.05) is 56.8 Å². The van der Waals surface area contributed by atoms with E-state index in [1.54, 1.807) is 0 Å². The van der Waals surface area contributed by atoms with Gasteiger partial charge in [-0.2, -0.15) is 0 Å². The van der Waals surface area contributed by atoms with Crippen LogP contribution in [0.5, 0.6) is 0 Å². The number of hydrazine groups is 1. The van der Waals surface area contributed by atoms with Crippen molar-refractivity contribution in [3.63, 3.8) is 0 Å². The van der Waals surface area contributed by atoms with Crippen LogP contribution in [0.2, 0.25) is 5.02 Å². The quantitative estimate of drug-likeness (QED) is 0.569. The van der Waals surface area contributed by atoms with Crippen molar-refractivity contribution >= 4 is 11.6 Å². The van der Waals surface area contributed by atoms with Crippen LogP contribution in [-0.2, 0) is 0 Å². The van der Waals surface area contributed by atoms with Crippen LogP contribution in [0.4, 0.5) is 0 Å². The monoisotopic (exact) mass is 254 g/mol. The summed E-state index contributed by atoms with van der Waals surface area (Å²) in [7, 11) is 0. The Morgan fingerprint density at radius 3 is 2.35 bits per heavy atom. The Kier molecular flexibility index (Phi) is 6.56. The van der Waals surface area contributed by atoms with Crippen LogP contribution in [-0.4, -0.2) is 0 Å². The molecule has 0 spiro atoms. The van der Waals surface area contributed by atoms with Gasteiger partial charge in [0.05, 0.1) is 0 Å². The first-order valence-corrected chi connectivity index (χ1v) is 6.82. The molecule has 0 saturated heterocycles. The van der Waals surface area contributed by atoms with Gasteiger partial charge in [0, 0.05) is 11.1 Å². The van der Waals surface area contributed by atoms with E-state index in [1.807, 2.05) is 12.1 Å². The third kappa shape index (κ3) is 4.30. The van der Waals surface area contributed by atoms with E-state index in [2.05, 4.69) is 31.4 Å². The van der Waals surface area contributed by atoms with Crippen molar-refractivity contribution < 1.29 is 0 Å². The zero-order chi connectivity index (χ0) is 12.7. The summed E-state index contributed by atoms with van der Waals surface area (Å²) in [5.74, 6) is 6.29. The molecule has 1 rings (SSSR count). The van der Waals surface area contributed by atoms with Gasteiger partial charge in [-0.15, -0.1) is 0 Å². The smallest absolute Gasteiger partial charge is 0.0488 e. The fourth-order valence-electron chi connectivity index (χ4n) is 2.25. The molecule has 3 N–H and O–H groups in total. The lowest BCUT2D eigenvalue weighted by Crippen LogP contribution is -2.33. The minimum Gasteiger partial charge on any atom is -0.271 e. The van der Waals surface area contributed by atoms with Crippen molar-refractivity contribution in [3.05, 3.63) is 34.9 Å². The molecule has 3 heteroatoms. The van der Waals surface area contributed by atoms with E-state index in [-0.39, 0.29) is 6.04 Å². The second-order valence-electron chi connectivity index (χ2n) is 4.51. The van der Waals surface area contributed by atoms with Crippen molar-refractivity contribution in [3.8, 4) is 0 Å². The molecular formula is C14H23ClN2. The fourth-order valence-corrected chi connectivity index (χ4v) is 2.37. The van der Waals surface area contributed by atoms with Crippen LogP contribution >= 0.6 is 11.6 Å². The molecular weight excluding hydrogens is 232 g/mol. The van der Waals surface area contributed by atoms with E-state index in [9.17, 15) is 0 Å². The molecule has 0 aliphatic rings. The van der Waals surface area contributed by atoms with Crippen LogP contribution in [0.1, 0.15) is 51.1 Å². The maximum atomic E-state index is 5.90. The van der Waals surface area contributed by atoms with Gasteiger partial charge in [-0.3, -0.25) is 11.3 Å². The lowest BCUT2D eigenvalue weighted by atomic mass is 9.87. The van der Waals surface area contributed by atoms with Crippen molar-refractivity contribution in [1.29, 1.82) is 0 Å². The van der Waals surface area contributed by atoms with Crippen molar-refractivity contribution in [2.75, 3.05) is 0 Å².